The standard InChI is InChI=1S/C14H16BrNO2S/c1-18-12-6-7-19-14(12)13(17)11(8-16)9-2-4-10(15)5-3-9/h2-7,11,13,17H,8,16H2,1H3. The molecule has 1 heterocycles. The molecule has 2 atom stereocenters. The second-order valence-electron chi connectivity index (χ2n) is 4.19. The largest absolute Gasteiger partial charge is 0.495 e. The lowest BCUT2D eigenvalue weighted by atomic mass is 9.92. The number of methoxy groups -OCH3 is 1. The number of thiophene rings is 1. The fraction of sp³-hybridized carbons (Fsp3) is 0.286. The van der Waals surface area contributed by atoms with Crippen molar-refractivity contribution in [1.29, 1.82) is 0 Å². The van der Waals surface area contributed by atoms with Gasteiger partial charge in [0.1, 0.15) is 5.75 Å². The molecular weight excluding hydrogens is 326 g/mol. The molecule has 0 radical (unpaired) electrons. The van der Waals surface area contributed by atoms with Crippen molar-refractivity contribution >= 4 is 27.3 Å². The fourth-order valence-electron chi connectivity index (χ4n) is 2.03. The molecule has 0 saturated carbocycles. The molecule has 19 heavy (non-hydrogen) atoms. The predicted molar refractivity (Wildman–Crippen MR) is 81.8 cm³/mol. The molecule has 0 aliphatic heterocycles. The van der Waals surface area contributed by atoms with Gasteiger partial charge in [-0.25, -0.2) is 0 Å². The number of aliphatic hydroxyl groups is 1. The number of hydrogen-bond acceptors (Lipinski definition) is 4. The highest BCUT2D eigenvalue weighted by atomic mass is 79.9. The van der Waals surface area contributed by atoms with E-state index in [-0.39, 0.29) is 5.92 Å². The number of ether oxygens (including phenoxy) is 1. The average Bonchev–Trinajstić information content (AvgIpc) is 2.90. The number of benzene rings is 1. The number of hydrogen-bond donors (Lipinski definition) is 2. The summed E-state index contributed by atoms with van der Waals surface area (Å²) in [6.45, 7) is 0.379. The average molecular weight is 342 g/mol. The first-order chi connectivity index (χ1) is 9.17. The number of rotatable bonds is 5. The van der Waals surface area contributed by atoms with Crippen LogP contribution in [-0.4, -0.2) is 18.8 Å². The predicted octanol–water partition coefficient (Wildman–Crippen LogP) is 3.30. The first-order valence-electron chi connectivity index (χ1n) is 5.92. The zero-order valence-corrected chi connectivity index (χ0v) is 12.9. The van der Waals surface area contributed by atoms with Crippen LogP contribution in [0.15, 0.2) is 40.2 Å². The van der Waals surface area contributed by atoms with Crippen LogP contribution in [0.3, 0.4) is 0 Å². The molecule has 0 fully saturated rings. The summed E-state index contributed by atoms with van der Waals surface area (Å²) < 4.78 is 6.27. The highest BCUT2D eigenvalue weighted by molar-refractivity contribution is 9.10. The molecule has 102 valence electrons. The van der Waals surface area contributed by atoms with Gasteiger partial charge in [-0.2, -0.15) is 0 Å². The van der Waals surface area contributed by atoms with Gasteiger partial charge in [0.15, 0.2) is 0 Å². The van der Waals surface area contributed by atoms with Crippen LogP contribution in [0.25, 0.3) is 0 Å². The van der Waals surface area contributed by atoms with Gasteiger partial charge >= 0.3 is 0 Å². The third kappa shape index (κ3) is 3.17. The van der Waals surface area contributed by atoms with Crippen molar-refractivity contribution in [3.05, 3.63) is 50.6 Å². The molecule has 3 nitrogen and oxygen atoms in total. The minimum absolute atomic E-state index is 0.138. The van der Waals surface area contributed by atoms with E-state index < -0.39 is 6.10 Å². The minimum atomic E-state index is -0.652. The van der Waals surface area contributed by atoms with E-state index in [1.807, 2.05) is 35.7 Å². The monoisotopic (exact) mass is 341 g/mol. The fourth-order valence-corrected chi connectivity index (χ4v) is 3.21. The Kier molecular flexibility index (Phi) is 4.99. The van der Waals surface area contributed by atoms with Crippen molar-refractivity contribution in [2.75, 3.05) is 13.7 Å². The number of nitrogens with two attached hydrogens (primary N) is 1. The van der Waals surface area contributed by atoms with Gasteiger partial charge in [-0.3, -0.25) is 0 Å². The molecule has 0 aliphatic rings. The highest BCUT2D eigenvalue weighted by Gasteiger charge is 2.25. The van der Waals surface area contributed by atoms with Crippen LogP contribution in [-0.2, 0) is 0 Å². The minimum Gasteiger partial charge on any atom is -0.495 e. The van der Waals surface area contributed by atoms with Gasteiger partial charge in [0.25, 0.3) is 0 Å². The molecule has 0 saturated heterocycles. The lowest BCUT2D eigenvalue weighted by molar-refractivity contribution is 0.148. The SMILES string of the molecule is COc1ccsc1C(O)C(CN)c1ccc(Br)cc1. The van der Waals surface area contributed by atoms with E-state index in [1.54, 1.807) is 7.11 Å². The van der Waals surface area contributed by atoms with E-state index in [2.05, 4.69) is 15.9 Å². The van der Waals surface area contributed by atoms with Crippen molar-refractivity contribution in [3.63, 3.8) is 0 Å². The van der Waals surface area contributed by atoms with Crippen LogP contribution >= 0.6 is 27.3 Å². The molecule has 2 rings (SSSR count). The van der Waals surface area contributed by atoms with Crippen LogP contribution in [0.4, 0.5) is 0 Å². The Hall–Kier alpha value is -0.880. The van der Waals surface area contributed by atoms with Crippen LogP contribution in [0.2, 0.25) is 0 Å². The summed E-state index contributed by atoms with van der Waals surface area (Å²) in [5.74, 6) is 0.578. The van der Waals surface area contributed by atoms with Gasteiger partial charge < -0.3 is 15.6 Å². The number of aliphatic hydroxyl groups excluding tert-OH is 1. The first-order valence-corrected chi connectivity index (χ1v) is 7.59. The van der Waals surface area contributed by atoms with E-state index in [0.29, 0.717) is 12.3 Å². The summed E-state index contributed by atoms with van der Waals surface area (Å²) in [7, 11) is 1.61. The third-order valence-electron chi connectivity index (χ3n) is 3.08. The van der Waals surface area contributed by atoms with Gasteiger partial charge in [0.2, 0.25) is 0 Å². The van der Waals surface area contributed by atoms with Gasteiger partial charge in [-0.1, -0.05) is 28.1 Å². The number of halogens is 1. The van der Waals surface area contributed by atoms with Crippen molar-refractivity contribution in [3.8, 4) is 5.75 Å². The smallest absolute Gasteiger partial charge is 0.135 e. The van der Waals surface area contributed by atoms with Crippen molar-refractivity contribution < 1.29 is 9.84 Å². The van der Waals surface area contributed by atoms with Crippen LogP contribution in [0, 0.1) is 0 Å². The van der Waals surface area contributed by atoms with Crippen molar-refractivity contribution in [2.45, 2.75) is 12.0 Å². The summed E-state index contributed by atoms with van der Waals surface area (Å²) >= 11 is 4.89. The van der Waals surface area contributed by atoms with Gasteiger partial charge in [0, 0.05) is 16.9 Å². The van der Waals surface area contributed by atoms with Crippen LogP contribution < -0.4 is 10.5 Å². The maximum atomic E-state index is 10.5. The molecule has 1 aromatic heterocycles. The van der Waals surface area contributed by atoms with Crippen molar-refractivity contribution in [1.82, 2.24) is 0 Å². The second kappa shape index (κ2) is 6.52. The zero-order valence-electron chi connectivity index (χ0n) is 10.5. The van der Waals surface area contributed by atoms with Crippen molar-refractivity contribution in [2.24, 2.45) is 5.73 Å². The summed E-state index contributed by atoms with van der Waals surface area (Å²) in [6.07, 6.45) is -0.652. The van der Waals surface area contributed by atoms with Crippen LogP contribution in [0.1, 0.15) is 22.5 Å². The molecule has 0 aliphatic carbocycles. The molecule has 2 unspecified atom stereocenters. The maximum absolute atomic E-state index is 10.5. The second-order valence-corrected chi connectivity index (χ2v) is 6.06. The Morgan fingerprint density at radius 1 is 1.32 bits per heavy atom. The molecular formula is C14H16BrNO2S. The van der Waals surface area contributed by atoms with Gasteiger partial charge in [-0.05, 0) is 29.1 Å². The molecule has 3 N–H and O–H groups in total. The Labute approximate surface area is 125 Å². The van der Waals surface area contributed by atoms with E-state index in [4.69, 9.17) is 10.5 Å². The summed E-state index contributed by atoms with van der Waals surface area (Å²) in [5.41, 5.74) is 6.86. The molecule has 5 heteroatoms. The third-order valence-corrected chi connectivity index (χ3v) is 4.58. The van der Waals surface area contributed by atoms with E-state index in [9.17, 15) is 5.11 Å². The van der Waals surface area contributed by atoms with Gasteiger partial charge in [-0.15, -0.1) is 11.3 Å². The normalized spacial score (nSPS) is 14.1. The molecule has 0 amide bonds. The first kappa shape index (κ1) is 14.5. The Balaban J connectivity index is 2.29. The zero-order chi connectivity index (χ0) is 13.8. The topological polar surface area (TPSA) is 55.5 Å². The quantitative estimate of drug-likeness (QED) is 0.877. The summed E-state index contributed by atoms with van der Waals surface area (Å²) in [6, 6.07) is 9.72. The van der Waals surface area contributed by atoms with Gasteiger partial charge in [0.05, 0.1) is 18.1 Å². The van der Waals surface area contributed by atoms with E-state index >= 15 is 0 Å². The lowest BCUT2D eigenvalue weighted by Crippen LogP contribution is -2.19. The highest BCUT2D eigenvalue weighted by Crippen LogP contribution is 2.38. The Morgan fingerprint density at radius 2 is 2.00 bits per heavy atom. The molecule has 0 spiro atoms. The molecule has 0 bridgehead atoms. The lowest BCUT2D eigenvalue weighted by Gasteiger charge is -2.22. The molecule has 2 aromatic rings. The molecule has 1 aromatic carbocycles. The van der Waals surface area contributed by atoms with E-state index in [0.717, 1.165) is 14.9 Å². The maximum Gasteiger partial charge on any atom is 0.135 e. The van der Waals surface area contributed by atoms with Crippen LogP contribution in [0.5, 0.6) is 5.75 Å². The van der Waals surface area contributed by atoms with E-state index in [1.165, 1.54) is 11.3 Å². The summed E-state index contributed by atoms with van der Waals surface area (Å²) in [5, 5.41) is 12.5. The summed E-state index contributed by atoms with van der Waals surface area (Å²) in [4.78, 5) is 0.820. The Morgan fingerprint density at radius 3 is 2.58 bits per heavy atom. The Bertz CT molecular complexity index is 526.